The average Bonchev–Trinajstić information content (AvgIpc) is 2.54. The molecule has 1 rings (SSSR count). The number of unbranched alkanes of at least 4 members (excludes halogenated alkanes) is 1. The number of rotatable bonds is 9. The maximum atomic E-state index is 12.3. The van der Waals surface area contributed by atoms with Crippen LogP contribution in [0.15, 0.2) is 18.2 Å². The number of amides is 2. The van der Waals surface area contributed by atoms with Crippen molar-refractivity contribution in [1.29, 1.82) is 0 Å². The maximum Gasteiger partial charge on any atom is 0.244 e. The van der Waals surface area contributed by atoms with Gasteiger partial charge in [-0.2, -0.15) is 0 Å². The zero-order valence-electron chi connectivity index (χ0n) is 15.7. The Morgan fingerprint density at radius 1 is 1.12 bits per heavy atom. The van der Waals surface area contributed by atoms with E-state index in [4.69, 9.17) is 0 Å². The highest BCUT2D eigenvalue weighted by atomic mass is 16.2. The molecule has 0 aliphatic rings. The zero-order chi connectivity index (χ0) is 18.1. The Balaban J connectivity index is 2.74. The summed E-state index contributed by atoms with van der Waals surface area (Å²) in [6, 6.07) is 6.04. The summed E-state index contributed by atoms with van der Waals surface area (Å²) in [7, 11) is 0. The van der Waals surface area contributed by atoms with E-state index in [1.54, 1.807) is 4.90 Å². The number of hydrogen-bond acceptors (Lipinski definition) is 3. The average molecular weight is 333 g/mol. The molecule has 0 radical (unpaired) electrons. The second-order valence-corrected chi connectivity index (χ2v) is 6.01. The van der Waals surface area contributed by atoms with Gasteiger partial charge in [-0.05, 0) is 51.0 Å². The first-order valence-corrected chi connectivity index (χ1v) is 8.83. The van der Waals surface area contributed by atoms with Gasteiger partial charge in [0, 0.05) is 37.9 Å². The molecule has 0 heterocycles. The van der Waals surface area contributed by atoms with Crippen LogP contribution >= 0.6 is 0 Å². The van der Waals surface area contributed by atoms with Gasteiger partial charge in [-0.25, -0.2) is 0 Å². The molecular formula is C19H31N3O2. The first-order chi connectivity index (χ1) is 11.4. The smallest absolute Gasteiger partial charge is 0.244 e. The minimum atomic E-state index is -0.153. The monoisotopic (exact) mass is 333 g/mol. The van der Waals surface area contributed by atoms with Crippen molar-refractivity contribution < 1.29 is 9.59 Å². The Labute approximate surface area is 146 Å². The highest BCUT2D eigenvalue weighted by molar-refractivity contribution is 5.95. The molecule has 5 nitrogen and oxygen atoms in total. The summed E-state index contributed by atoms with van der Waals surface area (Å²) in [5, 5.41) is 2.92. The molecule has 0 spiro atoms. The van der Waals surface area contributed by atoms with Gasteiger partial charge in [0.1, 0.15) is 0 Å². The lowest BCUT2D eigenvalue weighted by Gasteiger charge is -2.23. The van der Waals surface area contributed by atoms with Gasteiger partial charge < -0.3 is 15.1 Å². The van der Waals surface area contributed by atoms with Crippen molar-refractivity contribution in [3.63, 3.8) is 0 Å². The Hall–Kier alpha value is -2.04. The van der Waals surface area contributed by atoms with Crippen molar-refractivity contribution >= 4 is 23.2 Å². The van der Waals surface area contributed by atoms with Crippen LogP contribution in [0.3, 0.4) is 0 Å². The molecule has 0 saturated heterocycles. The van der Waals surface area contributed by atoms with E-state index in [9.17, 15) is 9.59 Å². The molecule has 0 aliphatic heterocycles. The standard InChI is InChI=1S/C19H31N3O2/c1-6-9-12-22(16(5)23)14-19(24)20-18-11-10-17(13-15(18)4)21(7-2)8-3/h10-11,13H,6-9,12,14H2,1-5H3,(H,20,24). The number of nitrogens with zero attached hydrogens (tertiary/aromatic N) is 2. The molecule has 0 aromatic heterocycles. The fourth-order valence-electron chi connectivity index (χ4n) is 2.63. The quantitative estimate of drug-likeness (QED) is 0.753. The number of carbonyl (C=O) groups excluding carboxylic acids is 2. The third-order valence-electron chi connectivity index (χ3n) is 4.17. The van der Waals surface area contributed by atoms with Gasteiger partial charge in [0.15, 0.2) is 0 Å². The highest BCUT2D eigenvalue weighted by Crippen LogP contribution is 2.22. The van der Waals surface area contributed by atoms with Crippen LogP contribution in [0.4, 0.5) is 11.4 Å². The predicted octanol–water partition coefficient (Wildman–Crippen LogP) is 3.43. The van der Waals surface area contributed by atoms with E-state index in [1.807, 2.05) is 19.1 Å². The lowest BCUT2D eigenvalue weighted by atomic mass is 10.1. The minimum absolute atomic E-state index is 0.0628. The minimum Gasteiger partial charge on any atom is -0.372 e. The van der Waals surface area contributed by atoms with Crippen LogP contribution in [0.2, 0.25) is 0 Å². The van der Waals surface area contributed by atoms with Crippen molar-refractivity contribution in [1.82, 2.24) is 4.90 Å². The number of anilines is 2. The maximum absolute atomic E-state index is 12.3. The third-order valence-corrected chi connectivity index (χ3v) is 4.17. The van der Waals surface area contributed by atoms with E-state index in [1.165, 1.54) is 6.92 Å². The summed E-state index contributed by atoms with van der Waals surface area (Å²) in [5.74, 6) is -0.216. The molecule has 0 atom stereocenters. The summed E-state index contributed by atoms with van der Waals surface area (Å²) in [6.07, 6.45) is 1.90. The Bertz CT molecular complexity index is 554. The van der Waals surface area contributed by atoms with Crippen LogP contribution in [0, 0.1) is 6.92 Å². The fourth-order valence-corrected chi connectivity index (χ4v) is 2.63. The molecule has 1 aromatic rings. The molecule has 134 valence electrons. The number of nitrogens with one attached hydrogen (secondary N) is 1. The van der Waals surface area contributed by atoms with Crippen molar-refractivity contribution in [2.45, 2.75) is 47.5 Å². The Morgan fingerprint density at radius 3 is 2.29 bits per heavy atom. The highest BCUT2D eigenvalue weighted by Gasteiger charge is 2.14. The SMILES string of the molecule is CCCCN(CC(=O)Nc1ccc(N(CC)CC)cc1C)C(C)=O. The first kappa shape index (κ1) is 20.0. The molecule has 1 N–H and O–H groups in total. The van der Waals surface area contributed by atoms with Crippen LogP contribution in [0.5, 0.6) is 0 Å². The molecule has 2 amide bonds. The topological polar surface area (TPSA) is 52.7 Å². The predicted molar refractivity (Wildman–Crippen MR) is 101 cm³/mol. The summed E-state index contributed by atoms with van der Waals surface area (Å²) in [6.45, 7) is 12.4. The van der Waals surface area contributed by atoms with Crippen LogP contribution in [0.25, 0.3) is 0 Å². The largest absolute Gasteiger partial charge is 0.372 e. The summed E-state index contributed by atoms with van der Waals surface area (Å²) >= 11 is 0. The van der Waals surface area contributed by atoms with Gasteiger partial charge in [0.2, 0.25) is 11.8 Å². The molecule has 0 unspecified atom stereocenters. The fraction of sp³-hybridized carbons (Fsp3) is 0.579. The molecule has 1 aromatic carbocycles. The molecular weight excluding hydrogens is 302 g/mol. The second kappa shape index (κ2) is 9.96. The van der Waals surface area contributed by atoms with Gasteiger partial charge >= 0.3 is 0 Å². The molecule has 0 fully saturated rings. The van der Waals surface area contributed by atoms with Gasteiger partial charge in [0.25, 0.3) is 0 Å². The van der Waals surface area contributed by atoms with Gasteiger partial charge in [-0.1, -0.05) is 13.3 Å². The molecule has 0 aliphatic carbocycles. The van der Waals surface area contributed by atoms with Crippen molar-refractivity contribution in [2.24, 2.45) is 0 Å². The normalized spacial score (nSPS) is 10.4. The summed E-state index contributed by atoms with van der Waals surface area (Å²) in [5.41, 5.74) is 2.98. The molecule has 24 heavy (non-hydrogen) atoms. The van der Waals surface area contributed by atoms with Crippen molar-refractivity contribution in [3.05, 3.63) is 23.8 Å². The lowest BCUT2D eigenvalue weighted by molar-refractivity contribution is -0.132. The van der Waals surface area contributed by atoms with E-state index in [-0.39, 0.29) is 18.4 Å². The van der Waals surface area contributed by atoms with Crippen LogP contribution in [0.1, 0.15) is 46.1 Å². The van der Waals surface area contributed by atoms with Crippen molar-refractivity contribution in [3.8, 4) is 0 Å². The Morgan fingerprint density at radius 2 is 1.79 bits per heavy atom. The molecule has 5 heteroatoms. The van der Waals surface area contributed by atoms with E-state index in [0.29, 0.717) is 6.54 Å². The van der Waals surface area contributed by atoms with E-state index < -0.39 is 0 Å². The summed E-state index contributed by atoms with van der Waals surface area (Å²) in [4.78, 5) is 27.7. The van der Waals surface area contributed by atoms with Gasteiger partial charge in [0.05, 0.1) is 6.54 Å². The number of hydrogen-bond donors (Lipinski definition) is 1. The van der Waals surface area contributed by atoms with E-state index in [0.717, 1.165) is 42.9 Å². The Kier molecular flexibility index (Phi) is 8.30. The van der Waals surface area contributed by atoms with E-state index in [2.05, 4.69) is 37.1 Å². The summed E-state index contributed by atoms with van der Waals surface area (Å²) < 4.78 is 0. The number of carbonyl (C=O) groups is 2. The molecule has 0 bridgehead atoms. The van der Waals surface area contributed by atoms with Gasteiger partial charge in [-0.3, -0.25) is 9.59 Å². The molecule has 0 saturated carbocycles. The third kappa shape index (κ3) is 5.87. The number of benzene rings is 1. The van der Waals surface area contributed by atoms with Crippen LogP contribution < -0.4 is 10.2 Å². The lowest BCUT2D eigenvalue weighted by Crippen LogP contribution is -2.37. The number of aryl methyl sites for hydroxylation is 1. The van der Waals surface area contributed by atoms with Gasteiger partial charge in [-0.15, -0.1) is 0 Å². The van der Waals surface area contributed by atoms with Crippen LogP contribution in [-0.2, 0) is 9.59 Å². The zero-order valence-corrected chi connectivity index (χ0v) is 15.7. The van der Waals surface area contributed by atoms with Crippen LogP contribution in [-0.4, -0.2) is 42.9 Å². The first-order valence-electron chi connectivity index (χ1n) is 8.83. The van der Waals surface area contributed by atoms with Crippen molar-refractivity contribution in [2.75, 3.05) is 36.4 Å². The second-order valence-electron chi connectivity index (χ2n) is 6.01. The van der Waals surface area contributed by atoms with E-state index >= 15 is 0 Å².